The summed E-state index contributed by atoms with van der Waals surface area (Å²) in [7, 11) is -3.15. The molecule has 7 nitrogen and oxygen atoms in total. The van der Waals surface area contributed by atoms with Crippen LogP contribution in [-0.2, 0) is 14.8 Å². The fourth-order valence-corrected chi connectivity index (χ4v) is 4.83. The van der Waals surface area contributed by atoms with E-state index in [4.69, 9.17) is 4.74 Å². The lowest BCUT2D eigenvalue weighted by Gasteiger charge is -2.37. The first kappa shape index (κ1) is 16.6. The Balaban J connectivity index is 1.68. The largest absolute Gasteiger partial charge is 0.375 e. The molecule has 0 amide bonds. The predicted molar refractivity (Wildman–Crippen MR) is 87.7 cm³/mol. The fourth-order valence-electron chi connectivity index (χ4n) is 3.30. The van der Waals surface area contributed by atoms with Gasteiger partial charge < -0.3 is 9.64 Å². The van der Waals surface area contributed by atoms with Gasteiger partial charge in [-0.3, -0.25) is 0 Å². The van der Waals surface area contributed by atoms with E-state index in [-0.39, 0.29) is 11.9 Å². The first-order valence-electron chi connectivity index (χ1n) is 8.21. The zero-order valence-electron chi connectivity index (χ0n) is 13.5. The van der Waals surface area contributed by atoms with Gasteiger partial charge in [-0.25, -0.2) is 18.4 Å². The number of fused-ring (bicyclic) bond motifs is 1. The van der Waals surface area contributed by atoms with Crippen molar-refractivity contribution in [1.29, 1.82) is 0 Å². The van der Waals surface area contributed by atoms with Crippen LogP contribution in [0.2, 0.25) is 0 Å². The normalized spacial score (nSPS) is 26.6. The van der Waals surface area contributed by atoms with Gasteiger partial charge in [-0.05, 0) is 18.9 Å². The summed E-state index contributed by atoms with van der Waals surface area (Å²) in [5.74, 6) is 1.25. The van der Waals surface area contributed by atoms with Crippen molar-refractivity contribution < 1.29 is 13.2 Å². The second-order valence-corrected chi connectivity index (χ2v) is 8.22. The topological polar surface area (TPSA) is 75.6 Å². The molecule has 2 saturated heterocycles. The third kappa shape index (κ3) is 3.81. The summed E-state index contributed by atoms with van der Waals surface area (Å²) in [6.07, 6.45) is 4.91. The average Bonchev–Trinajstić information content (AvgIpc) is 2.77. The van der Waals surface area contributed by atoms with Crippen LogP contribution in [0.15, 0.2) is 18.5 Å². The van der Waals surface area contributed by atoms with Crippen LogP contribution < -0.4 is 4.90 Å². The molecule has 2 aliphatic rings. The average molecular weight is 340 g/mol. The van der Waals surface area contributed by atoms with Crippen LogP contribution in [0, 0.1) is 5.92 Å². The minimum atomic E-state index is -3.15. The van der Waals surface area contributed by atoms with Crippen LogP contribution in [0.5, 0.6) is 0 Å². The first-order chi connectivity index (χ1) is 11.1. The molecule has 3 rings (SSSR count). The maximum absolute atomic E-state index is 12.3. The summed E-state index contributed by atoms with van der Waals surface area (Å²) in [6.45, 7) is 5.06. The Morgan fingerprint density at radius 3 is 2.78 bits per heavy atom. The number of anilines is 1. The van der Waals surface area contributed by atoms with Crippen molar-refractivity contribution in [2.24, 2.45) is 5.92 Å². The lowest BCUT2D eigenvalue weighted by Crippen LogP contribution is -2.49. The lowest BCUT2D eigenvalue weighted by molar-refractivity contribution is -0.00178. The van der Waals surface area contributed by atoms with E-state index in [1.54, 1.807) is 22.8 Å². The van der Waals surface area contributed by atoms with Gasteiger partial charge >= 0.3 is 0 Å². The van der Waals surface area contributed by atoms with Crippen molar-refractivity contribution in [3.8, 4) is 0 Å². The molecule has 3 heterocycles. The third-order valence-corrected chi connectivity index (χ3v) is 6.54. The second-order valence-electron chi connectivity index (χ2n) is 6.13. The van der Waals surface area contributed by atoms with E-state index < -0.39 is 10.0 Å². The van der Waals surface area contributed by atoms with Gasteiger partial charge in [0.15, 0.2) is 0 Å². The number of nitrogens with zero attached hydrogens (tertiary/aromatic N) is 4. The van der Waals surface area contributed by atoms with Crippen molar-refractivity contribution >= 4 is 16.0 Å². The molecule has 2 atom stereocenters. The van der Waals surface area contributed by atoms with Gasteiger partial charge in [0.1, 0.15) is 0 Å². The summed E-state index contributed by atoms with van der Waals surface area (Å²) >= 11 is 0. The van der Waals surface area contributed by atoms with E-state index in [9.17, 15) is 8.42 Å². The van der Waals surface area contributed by atoms with Gasteiger partial charge in [-0.15, -0.1) is 0 Å². The van der Waals surface area contributed by atoms with E-state index in [2.05, 4.69) is 14.9 Å². The van der Waals surface area contributed by atoms with E-state index in [1.165, 1.54) is 0 Å². The van der Waals surface area contributed by atoms with Crippen LogP contribution in [0.25, 0.3) is 0 Å². The zero-order chi connectivity index (χ0) is 16.3. The van der Waals surface area contributed by atoms with Gasteiger partial charge in [-0.2, -0.15) is 4.31 Å². The van der Waals surface area contributed by atoms with Gasteiger partial charge in [0.2, 0.25) is 16.0 Å². The van der Waals surface area contributed by atoms with Crippen LogP contribution in [0.1, 0.15) is 19.8 Å². The highest BCUT2D eigenvalue weighted by atomic mass is 32.2. The number of piperidine rings is 1. The van der Waals surface area contributed by atoms with Gasteiger partial charge in [0.05, 0.1) is 18.5 Å². The molecule has 1 aromatic heterocycles. The number of ether oxygens (including phenoxy) is 1. The highest BCUT2D eigenvalue weighted by Crippen LogP contribution is 2.27. The number of aromatic nitrogens is 2. The Bertz CT molecular complexity index is 610. The van der Waals surface area contributed by atoms with Crippen molar-refractivity contribution in [2.75, 3.05) is 43.4 Å². The van der Waals surface area contributed by atoms with Crippen LogP contribution in [0.3, 0.4) is 0 Å². The highest BCUT2D eigenvalue weighted by Gasteiger charge is 2.37. The molecule has 2 fully saturated rings. The molecule has 23 heavy (non-hydrogen) atoms. The third-order valence-electron chi connectivity index (χ3n) is 4.50. The molecule has 0 bridgehead atoms. The van der Waals surface area contributed by atoms with Gasteiger partial charge in [0, 0.05) is 44.5 Å². The molecule has 0 saturated carbocycles. The number of hydrogen-bond acceptors (Lipinski definition) is 6. The number of hydrogen-bond donors (Lipinski definition) is 0. The number of rotatable bonds is 4. The summed E-state index contributed by atoms with van der Waals surface area (Å²) in [4.78, 5) is 10.8. The standard InChI is InChI=1S/C15H24N4O3S/c1-2-10-23(20,21)19-7-4-13-11-18(8-9-22-14(13)12-19)15-16-5-3-6-17-15/h3,5-6,13-14H,2,4,7-12H2,1H3/t13-,14-/m1/s1. The molecule has 8 heteroatoms. The maximum atomic E-state index is 12.3. The molecule has 0 spiro atoms. The van der Waals surface area contributed by atoms with Crippen molar-refractivity contribution in [3.05, 3.63) is 18.5 Å². The monoisotopic (exact) mass is 340 g/mol. The summed E-state index contributed by atoms with van der Waals surface area (Å²) < 4.78 is 32.1. The smallest absolute Gasteiger partial charge is 0.225 e. The molecule has 0 aliphatic carbocycles. The van der Waals surface area contributed by atoms with E-state index in [0.717, 1.165) is 25.5 Å². The quantitative estimate of drug-likeness (QED) is 0.805. The molecule has 128 valence electrons. The van der Waals surface area contributed by atoms with E-state index >= 15 is 0 Å². The van der Waals surface area contributed by atoms with Crippen molar-refractivity contribution in [3.63, 3.8) is 0 Å². The molecule has 0 unspecified atom stereocenters. The summed E-state index contributed by atoms with van der Waals surface area (Å²) in [5.41, 5.74) is 0. The second kappa shape index (κ2) is 7.11. The Labute approximate surface area is 137 Å². The van der Waals surface area contributed by atoms with Crippen molar-refractivity contribution in [1.82, 2.24) is 14.3 Å². The maximum Gasteiger partial charge on any atom is 0.225 e. The Morgan fingerprint density at radius 2 is 2.04 bits per heavy atom. The molecule has 0 N–H and O–H groups in total. The van der Waals surface area contributed by atoms with Crippen LogP contribution >= 0.6 is 0 Å². The Morgan fingerprint density at radius 1 is 1.26 bits per heavy atom. The minimum absolute atomic E-state index is 0.0379. The fraction of sp³-hybridized carbons (Fsp3) is 0.733. The van der Waals surface area contributed by atoms with Crippen LogP contribution in [0.4, 0.5) is 5.95 Å². The SMILES string of the molecule is CCCS(=O)(=O)N1CC[C@@H]2CN(c3ncccn3)CCO[C@@H]2C1. The first-order valence-corrected chi connectivity index (χ1v) is 9.82. The minimum Gasteiger partial charge on any atom is -0.375 e. The van der Waals surface area contributed by atoms with Gasteiger partial charge in [-0.1, -0.05) is 6.92 Å². The van der Waals surface area contributed by atoms with Crippen molar-refractivity contribution in [2.45, 2.75) is 25.9 Å². The number of sulfonamides is 1. The van der Waals surface area contributed by atoms with Gasteiger partial charge in [0.25, 0.3) is 0 Å². The summed E-state index contributed by atoms with van der Waals surface area (Å²) in [5, 5.41) is 0. The predicted octanol–water partition coefficient (Wildman–Crippen LogP) is 0.743. The van der Waals surface area contributed by atoms with E-state index in [0.29, 0.717) is 32.0 Å². The summed E-state index contributed by atoms with van der Waals surface area (Å²) in [6, 6.07) is 1.80. The van der Waals surface area contributed by atoms with Crippen LogP contribution in [-0.4, -0.2) is 67.3 Å². The Hall–Kier alpha value is -1.25. The molecule has 1 aromatic rings. The molecular weight excluding hydrogens is 316 g/mol. The lowest BCUT2D eigenvalue weighted by atomic mass is 9.94. The molecule has 2 aliphatic heterocycles. The highest BCUT2D eigenvalue weighted by molar-refractivity contribution is 7.89. The molecule has 0 radical (unpaired) electrons. The van der Waals surface area contributed by atoms with E-state index in [1.807, 2.05) is 6.92 Å². The molecular formula is C15H24N4O3S. The molecule has 0 aromatic carbocycles. The zero-order valence-corrected chi connectivity index (χ0v) is 14.3. The Kier molecular flexibility index (Phi) is 5.13.